The van der Waals surface area contributed by atoms with Gasteiger partial charge < -0.3 is 15.8 Å². The minimum atomic E-state index is -0.565. The SMILES string of the molecule is CCOc1ccc(C(=O)NCC(C)CN)cc1[N+](=O)[O-].Cl. The Kier molecular flexibility index (Phi) is 8.34. The van der Waals surface area contributed by atoms with Gasteiger partial charge in [0.1, 0.15) is 0 Å². The summed E-state index contributed by atoms with van der Waals surface area (Å²) in [5.74, 6) is -0.0579. The second kappa shape index (κ2) is 9.15. The molecule has 3 N–H and O–H groups in total. The van der Waals surface area contributed by atoms with Gasteiger partial charge in [-0.2, -0.15) is 0 Å². The van der Waals surface area contributed by atoms with Gasteiger partial charge in [0.25, 0.3) is 5.91 Å². The van der Waals surface area contributed by atoms with E-state index in [1.54, 1.807) is 6.92 Å². The number of hydrogen-bond acceptors (Lipinski definition) is 5. The second-order valence-electron chi connectivity index (χ2n) is 4.42. The van der Waals surface area contributed by atoms with Crippen LogP contribution in [-0.4, -0.2) is 30.5 Å². The fraction of sp³-hybridized carbons (Fsp3) is 0.462. The summed E-state index contributed by atoms with van der Waals surface area (Å²) >= 11 is 0. The normalized spacial score (nSPS) is 11.2. The summed E-state index contributed by atoms with van der Waals surface area (Å²) in [7, 11) is 0. The van der Waals surface area contributed by atoms with E-state index >= 15 is 0 Å². The van der Waals surface area contributed by atoms with Crippen molar-refractivity contribution >= 4 is 24.0 Å². The standard InChI is InChI=1S/C13H19N3O4.ClH/c1-3-20-12-5-4-10(6-11(12)16(18)19)13(17)15-8-9(2)7-14;/h4-6,9H,3,7-8,14H2,1-2H3,(H,15,17);1H. The van der Waals surface area contributed by atoms with E-state index in [9.17, 15) is 14.9 Å². The molecule has 1 unspecified atom stereocenters. The predicted octanol–water partition coefficient (Wildman–Crippen LogP) is 1.74. The maximum Gasteiger partial charge on any atom is 0.311 e. The molecule has 7 nitrogen and oxygen atoms in total. The third kappa shape index (κ3) is 5.57. The number of nitrogens with two attached hydrogens (primary N) is 1. The van der Waals surface area contributed by atoms with E-state index in [0.717, 1.165) is 0 Å². The Bertz CT molecular complexity index is 496. The number of benzene rings is 1. The average molecular weight is 318 g/mol. The molecule has 1 amide bonds. The van der Waals surface area contributed by atoms with Gasteiger partial charge in [-0.25, -0.2) is 0 Å². The lowest BCUT2D eigenvalue weighted by Crippen LogP contribution is -2.31. The molecule has 0 saturated heterocycles. The van der Waals surface area contributed by atoms with Crippen molar-refractivity contribution in [3.8, 4) is 5.75 Å². The molecule has 118 valence electrons. The summed E-state index contributed by atoms with van der Waals surface area (Å²) in [5, 5.41) is 13.6. The van der Waals surface area contributed by atoms with E-state index in [1.807, 2.05) is 6.92 Å². The fourth-order valence-corrected chi connectivity index (χ4v) is 1.53. The van der Waals surface area contributed by atoms with E-state index in [4.69, 9.17) is 10.5 Å². The zero-order valence-corrected chi connectivity index (χ0v) is 12.8. The van der Waals surface area contributed by atoms with Crippen molar-refractivity contribution in [2.24, 2.45) is 11.7 Å². The van der Waals surface area contributed by atoms with Crippen molar-refractivity contribution in [1.29, 1.82) is 0 Å². The summed E-state index contributed by atoms with van der Waals surface area (Å²) in [6.07, 6.45) is 0. The number of nitrogens with one attached hydrogen (secondary N) is 1. The highest BCUT2D eigenvalue weighted by Crippen LogP contribution is 2.27. The monoisotopic (exact) mass is 317 g/mol. The first-order valence-electron chi connectivity index (χ1n) is 6.39. The lowest BCUT2D eigenvalue weighted by Gasteiger charge is -2.10. The van der Waals surface area contributed by atoms with E-state index in [1.165, 1.54) is 18.2 Å². The molecule has 1 rings (SSSR count). The average Bonchev–Trinajstić information content (AvgIpc) is 2.44. The summed E-state index contributed by atoms with van der Waals surface area (Å²) in [6.45, 7) is 4.85. The number of rotatable bonds is 7. The molecule has 0 aromatic heterocycles. The van der Waals surface area contributed by atoms with E-state index in [0.29, 0.717) is 19.7 Å². The Labute approximate surface area is 129 Å². The first-order chi connectivity index (χ1) is 9.49. The number of carbonyl (C=O) groups is 1. The highest BCUT2D eigenvalue weighted by molar-refractivity contribution is 5.95. The van der Waals surface area contributed by atoms with Gasteiger partial charge in [0, 0.05) is 18.2 Å². The first kappa shape index (κ1) is 19.1. The van der Waals surface area contributed by atoms with Crippen LogP contribution in [0.15, 0.2) is 18.2 Å². The fourth-order valence-electron chi connectivity index (χ4n) is 1.53. The first-order valence-corrected chi connectivity index (χ1v) is 6.39. The molecule has 0 fully saturated rings. The highest BCUT2D eigenvalue weighted by Gasteiger charge is 2.18. The molecule has 0 aliphatic heterocycles. The predicted molar refractivity (Wildman–Crippen MR) is 82.1 cm³/mol. The second-order valence-corrected chi connectivity index (χ2v) is 4.42. The van der Waals surface area contributed by atoms with Gasteiger partial charge in [0.2, 0.25) is 0 Å². The Hall–Kier alpha value is -1.86. The van der Waals surface area contributed by atoms with Crippen molar-refractivity contribution in [3.63, 3.8) is 0 Å². The molecule has 0 heterocycles. The third-order valence-corrected chi connectivity index (χ3v) is 2.73. The summed E-state index contributed by atoms with van der Waals surface area (Å²) < 4.78 is 5.16. The van der Waals surface area contributed by atoms with Gasteiger partial charge >= 0.3 is 5.69 Å². The molecule has 0 saturated carbocycles. The molecule has 0 spiro atoms. The van der Waals surface area contributed by atoms with E-state index in [2.05, 4.69) is 5.32 Å². The van der Waals surface area contributed by atoms with Gasteiger partial charge in [0.05, 0.1) is 11.5 Å². The number of amides is 1. The van der Waals surface area contributed by atoms with Gasteiger partial charge in [-0.3, -0.25) is 14.9 Å². The molecule has 0 bridgehead atoms. The van der Waals surface area contributed by atoms with Crippen molar-refractivity contribution in [2.75, 3.05) is 19.7 Å². The molecule has 8 heteroatoms. The molecule has 0 radical (unpaired) electrons. The quantitative estimate of drug-likeness (QED) is 0.588. The smallest absolute Gasteiger partial charge is 0.311 e. The Morgan fingerprint density at radius 2 is 2.19 bits per heavy atom. The Balaban J connectivity index is 0.00000400. The van der Waals surface area contributed by atoms with Crippen LogP contribution in [0.1, 0.15) is 24.2 Å². The number of nitro groups is 1. The Morgan fingerprint density at radius 1 is 1.52 bits per heavy atom. The van der Waals surface area contributed by atoms with Crippen molar-refractivity contribution in [1.82, 2.24) is 5.32 Å². The highest BCUT2D eigenvalue weighted by atomic mass is 35.5. The largest absolute Gasteiger partial charge is 0.487 e. The molecule has 1 atom stereocenters. The van der Waals surface area contributed by atoms with Crippen LogP contribution in [-0.2, 0) is 0 Å². The van der Waals surface area contributed by atoms with Crippen LogP contribution >= 0.6 is 12.4 Å². The topological polar surface area (TPSA) is 107 Å². The molecular formula is C13H20ClN3O4. The molecule has 1 aromatic carbocycles. The third-order valence-electron chi connectivity index (χ3n) is 2.73. The molecule has 0 aliphatic carbocycles. The summed E-state index contributed by atoms with van der Waals surface area (Å²) in [6, 6.07) is 4.15. The Morgan fingerprint density at radius 3 is 2.71 bits per heavy atom. The van der Waals surface area contributed by atoms with Crippen molar-refractivity contribution in [3.05, 3.63) is 33.9 Å². The number of ether oxygens (including phenoxy) is 1. The van der Waals surface area contributed by atoms with Crippen molar-refractivity contribution < 1.29 is 14.5 Å². The summed E-state index contributed by atoms with van der Waals surface area (Å²) in [5.41, 5.74) is 5.47. The number of halogens is 1. The molecule has 0 aliphatic rings. The zero-order valence-electron chi connectivity index (χ0n) is 12.0. The maximum absolute atomic E-state index is 11.9. The number of nitrogens with zero attached hydrogens (tertiary/aromatic N) is 1. The van der Waals surface area contributed by atoms with Gasteiger partial charge in [-0.15, -0.1) is 12.4 Å². The van der Waals surface area contributed by atoms with Gasteiger partial charge in [0.15, 0.2) is 5.75 Å². The van der Waals surface area contributed by atoms with Crippen molar-refractivity contribution in [2.45, 2.75) is 13.8 Å². The summed E-state index contributed by atoms with van der Waals surface area (Å²) in [4.78, 5) is 22.3. The van der Waals surface area contributed by atoms with Crippen LogP contribution in [0.3, 0.4) is 0 Å². The molecular weight excluding hydrogens is 298 g/mol. The van der Waals surface area contributed by atoms with Crippen LogP contribution in [0.2, 0.25) is 0 Å². The van der Waals surface area contributed by atoms with Crippen LogP contribution < -0.4 is 15.8 Å². The van der Waals surface area contributed by atoms with E-state index in [-0.39, 0.29) is 41.2 Å². The van der Waals surface area contributed by atoms with Gasteiger partial charge in [-0.05, 0) is 31.5 Å². The maximum atomic E-state index is 11.9. The van der Waals surface area contributed by atoms with Crippen LogP contribution in [0, 0.1) is 16.0 Å². The number of hydrogen-bond donors (Lipinski definition) is 2. The van der Waals surface area contributed by atoms with Crippen LogP contribution in [0.5, 0.6) is 5.75 Å². The minimum absolute atomic E-state index is 0. The molecule has 1 aromatic rings. The van der Waals surface area contributed by atoms with Gasteiger partial charge in [-0.1, -0.05) is 6.92 Å². The van der Waals surface area contributed by atoms with Crippen LogP contribution in [0.4, 0.5) is 5.69 Å². The van der Waals surface area contributed by atoms with E-state index < -0.39 is 4.92 Å². The molecule has 21 heavy (non-hydrogen) atoms. The number of carbonyl (C=O) groups excluding carboxylic acids is 1. The zero-order chi connectivity index (χ0) is 15.1. The lowest BCUT2D eigenvalue weighted by molar-refractivity contribution is -0.385. The lowest BCUT2D eigenvalue weighted by atomic mass is 10.1. The minimum Gasteiger partial charge on any atom is -0.487 e. The van der Waals surface area contributed by atoms with Crippen LogP contribution in [0.25, 0.3) is 0 Å². The number of nitro benzene ring substituents is 1.